The van der Waals surface area contributed by atoms with E-state index in [-0.39, 0.29) is 11.6 Å². The van der Waals surface area contributed by atoms with Gasteiger partial charge >= 0.3 is 0 Å². The fourth-order valence-electron chi connectivity index (χ4n) is 2.47. The number of halogens is 2. The van der Waals surface area contributed by atoms with E-state index in [9.17, 15) is 13.6 Å². The average Bonchev–Trinajstić information content (AvgIpc) is 3.33. The normalized spacial score (nSPS) is 14.0. The molecule has 2 aromatic carbocycles. The number of amides is 1. The highest BCUT2D eigenvalue weighted by Crippen LogP contribution is 2.30. The van der Waals surface area contributed by atoms with E-state index >= 15 is 0 Å². The Balaban J connectivity index is 1.86. The van der Waals surface area contributed by atoms with E-state index in [2.05, 4.69) is 0 Å². The van der Waals surface area contributed by atoms with Gasteiger partial charge in [-0.3, -0.25) is 4.79 Å². The van der Waals surface area contributed by atoms with Crippen LogP contribution in [0.2, 0.25) is 0 Å². The Hall–Kier alpha value is -2.23. The summed E-state index contributed by atoms with van der Waals surface area (Å²) in [5, 5.41) is 0. The minimum Gasteiger partial charge on any atom is -0.331 e. The van der Waals surface area contributed by atoms with E-state index in [1.54, 1.807) is 4.90 Å². The van der Waals surface area contributed by atoms with E-state index in [4.69, 9.17) is 0 Å². The molecule has 0 bridgehead atoms. The minimum absolute atomic E-state index is 0.122. The first-order valence-corrected chi connectivity index (χ1v) is 7.37. The van der Waals surface area contributed by atoms with Gasteiger partial charge in [0.15, 0.2) is 11.6 Å². The molecule has 1 aliphatic rings. The summed E-state index contributed by atoms with van der Waals surface area (Å²) >= 11 is 0. The Morgan fingerprint density at radius 1 is 1.14 bits per heavy atom. The lowest BCUT2D eigenvalue weighted by Gasteiger charge is -2.23. The molecule has 0 atom stereocenters. The number of aryl methyl sites for hydroxylation is 1. The van der Waals surface area contributed by atoms with Gasteiger partial charge in [-0.1, -0.05) is 35.9 Å². The molecule has 22 heavy (non-hydrogen) atoms. The van der Waals surface area contributed by atoms with Gasteiger partial charge in [0.1, 0.15) is 0 Å². The molecule has 1 amide bonds. The van der Waals surface area contributed by atoms with Crippen LogP contribution >= 0.6 is 0 Å². The number of rotatable bonds is 4. The van der Waals surface area contributed by atoms with Gasteiger partial charge in [-0.05, 0) is 37.5 Å². The second kappa shape index (κ2) is 5.87. The Labute approximate surface area is 128 Å². The van der Waals surface area contributed by atoms with Gasteiger partial charge in [0.2, 0.25) is 0 Å². The van der Waals surface area contributed by atoms with Crippen molar-refractivity contribution in [3.8, 4) is 0 Å². The fraction of sp³-hybridized carbons (Fsp3) is 0.278. The Morgan fingerprint density at radius 3 is 2.45 bits per heavy atom. The zero-order valence-electron chi connectivity index (χ0n) is 12.4. The van der Waals surface area contributed by atoms with E-state index in [0.717, 1.165) is 30.0 Å². The second-order valence-corrected chi connectivity index (χ2v) is 5.75. The van der Waals surface area contributed by atoms with Crippen molar-refractivity contribution in [1.29, 1.82) is 0 Å². The maximum atomic E-state index is 13.9. The SMILES string of the molecule is Cc1ccc(CN(C(=O)c2cccc(F)c2F)C2CC2)cc1. The summed E-state index contributed by atoms with van der Waals surface area (Å²) in [6, 6.07) is 11.7. The molecule has 0 saturated heterocycles. The van der Waals surface area contributed by atoms with Crippen LogP contribution in [0.15, 0.2) is 42.5 Å². The molecule has 1 fully saturated rings. The molecular weight excluding hydrogens is 284 g/mol. The van der Waals surface area contributed by atoms with Crippen LogP contribution in [0.1, 0.15) is 34.3 Å². The summed E-state index contributed by atoms with van der Waals surface area (Å²) in [5.41, 5.74) is 1.94. The molecule has 0 aliphatic heterocycles. The standard InChI is InChI=1S/C18H17F2NO/c1-12-5-7-13(8-6-12)11-21(14-9-10-14)18(22)15-3-2-4-16(19)17(15)20/h2-8,14H,9-11H2,1H3. The lowest BCUT2D eigenvalue weighted by molar-refractivity contribution is 0.0724. The van der Waals surface area contributed by atoms with Crippen LogP contribution in [0, 0.1) is 18.6 Å². The number of benzene rings is 2. The van der Waals surface area contributed by atoms with Gasteiger partial charge in [0.05, 0.1) is 5.56 Å². The average molecular weight is 301 g/mol. The maximum Gasteiger partial charge on any atom is 0.257 e. The number of nitrogens with zero attached hydrogens (tertiary/aromatic N) is 1. The first-order chi connectivity index (χ1) is 10.6. The Kier molecular flexibility index (Phi) is 3.92. The van der Waals surface area contributed by atoms with Crippen LogP contribution in [-0.2, 0) is 6.54 Å². The predicted molar refractivity (Wildman–Crippen MR) is 80.4 cm³/mol. The van der Waals surface area contributed by atoms with Crippen molar-refractivity contribution >= 4 is 5.91 Å². The highest BCUT2D eigenvalue weighted by atomic mass is 19.2. The van der Waals surface area contributed by atoms with Crippen LogP contribution < -0.4 is 0 Å². The molecule has 0 radical (unpaired) electrons. The third kappa shape index (κ3) is 3.01. The number of hydrogen-bond donors (Lipinski definition) is 0. The molecule has 4 heteroatoms. The van der Waals surface area contributed by atoms with Crippen molar-refractivity contribution in [1.82, 2.24) is 4.90 Å². The van der Waals surface area contributed by atoms with Crippen molar-refractivity contribution in [2.24, 2.45) is 0 Å². The zero-order chi connectivity index (χ0) is 15.7. The van der Waals surface area contributed by atoms with Crippen LogP contribution in [0.25, 0.3) is 0 Å². The molecule has 0 unspecified atom stereocenters. The first kappa shape index (κ1) is 14.7. The first-order valence-electron chi connectivity index (χ1n) is 7.37. The fourth-order valence-corrected chi connectivity index (χ4v) is 2.47. The topological polar surface area (TPSA) is 20.3 Å². The molecule has 0 N–H and O–H groups in total. The van der Waals surface area contributed by atoms with Gasteiger partial charge in [-0.25, -0.2) is 8.78 Å². The summed E-state index contributed by atoms with van der Waals surface area (Å²) in [4.78, 5) is 14.2. The van der Waals surface area contributed by atoms with Crippen LogP contribution in [0.3, 0.4) is 0 Å². The molecular formula is C18H17F2NO. The highest BCUT2D eigenvalue weighted by molar-refractivity contribution is 5.94. The summed E-state index contributed by atoms with van der Waals surface area (Å²) in [6.45, 7) is 2.41. The van der Waals surface area contributed by atoms with Crippen LogP contribution in [0.4, 0.5) is 8.78 Å². The number of carbonyl (C=O) groups is 1. The summed E-state index contributed by atoms with van der Waals surface area (Å²) in [5.74, 6) is -2.50. The number of hydrogen-bond acceptors (Lipinski definition) is 1. The van der Waals surface area contributed by atoms with Crippen molar-refractivity contribution in [2.75, 3.05) is 0 Å². The summed E-state index contributed by atoms with van der Waals surface area (Å²) in [7, 11) is 0. The predicted octanol–water partition coefficient (Wildman–Crippen LogP) is 4.08. The third-order valence-corrected chi connectivity index (χ3v) is 3.90. The van der Waals surface area contributed by atoms with Crippen molar-refractivity contribution in [3.05, 3.63) is 70.8 Å². The minimum atomic E-state index is -1.07. The van der Waals surface area contributed by atoms with Gasteiger partial charge in [0.25, 0.3) is 5.91 Å². The van der Waals surface area contributed by atoms with E-state index in [0.29, 0.717) is 6.54 Å². The van der Waals surface area contributed by atoms with Gasteiger partial charge in [0, 0.05) is 12.6 Å². The third-order valence-electron chi connectivity index (χ3n) is 3.90. The van der Waals surface area contributed by atoms with E-state index in [1.807, 2.05) is 31.2 Å². The molecule has 1 saturated carbocycles. The lowest BCUT2D eigenvalue weighted by atomic mass is 10.1. The summed E-state index contributed by atoms with van der Waals surface area (Å²) in [6.07, 6.45) is 1.82. The van der Waals surface area contributed by atoms with Gasteiger partial charge < -0.3 is 4.90 Å². The second-order valence-electron chi connectivity index (χ2n) is 5.75. The van der Waals surface area contributed by atoms with Crippen LogP contribution in [-0.4, -0.2) is 16.8 Å². The Morgan fingerprint density at radius 2 is 1.82 bits per heavy atom. The van der Waals surface area contributed by atoms with E-state index < -0.39 is 17.5 Å². The lowest BCUT2D eigenvalue weighted by Crippen LogP contribution is -2.33. The van der Waals surface area contributed by atoms with Crippen molar-refractivity contribution in [2.45, 2.75) is 32.4 Å². The largest absolute Gasteiger partial charge is 0.331 e. The molecule has 2 nitrogen and oxygen atoms in total. The zero-order valence-corrected chi connectivity index (χ0v) is 12.4. The number of carbonyl (C=O) groups excluding carboxylic acids is 1. The maximum absolute atomic E-state index is 13.9. The Bertz CT molecular complexity index is 693. The summed E-state index contributed by atoms with van der Waals surface area (Å²) < 4.78 is 27.2. The van der Waals surface area contributed by atoms with Gasteiger partial charge in [-0.15, -0.1) is 0 Å². The molecule has 114 valence electrons. The molecule has 0 aromatic heterocycles. The molecule has 1 aliphatic carbocycles. The molecule has 0 spiro atoms. The highest BCUT2D eigenvalue weighted by Gasteiger charge is 2.34. The van der Waals surface area contributed by atoms with Crippen molar-refractivity contribution in [3.63, 3.8) is 0 Å². The quantitative estimate of drug-likeness (QED) is 0.833. The van der Waals surface area contributed by atoms with Crippen LogP contribution in [0.5, 0.6) is 0 Å². The van der Waals surface area contributed by atoms with E-state index in [1.165, 1.54) is 12.1 Å². The van der Waals surface area contributed by atoms with Gasteiger partial charge in [-0.2, -0.15) is 0 Å². The smallest absolute Gasteiger partial charge is 0.257 e. The monoisotopic (exact) mass is 301 g/mol. The molecule has 3 rings (SSSR count). The molecule has 2 aromatic rings. The molecule has 0 heterocycles. The van der Waals surface area contributed by atoms with Crippen molar-refractivity contribution < 1.29 is 13.6 Å².